The van der Waals surface area contributed by atoms with Crippen molar-refractivity contribution in [1.29, 1.82) is 0 Å². The van der Waals surface area contributed by atoms with Gasteiger partial charge in [0.05, 0.1) is 5.41 Å². The SMILES string of the molecule is CC(=O)N1CC[C@](Cc2cc(-c3ccccc3)no2)(C(=O)N2CCCN(C)CC2)C1. The number of rotatable bonds is 4. The zero-order chi connectivity index (χ0) is 21.1. The van der Waals surface area contributed by atoms with Crippen molar-refractivity contribution < 1.29 is 14.1 Å². The molecule has 1 atom stereocenters. The lowest BCUT2D eigenvalue weighted by Gasteiger charge is -2.33. The fourth-order valence-electron chi connectivity index (χ4n) is 4.60. The first-order chi connectivity index (χ1) is 14.5. The highest BCUT2D eigenvalue weighted by atomic mass is 16.5. The van der Waals surface area contributed by atoms with Gasteiger partial charge in [-0.3, -0.25) is 9.59 Å². The molecule has 7 heteroatoms. The molecule has 0 spiro atoms. The highest BCUT2D eigenvalue weighted by molar-refractivity contribution is 5.85. The van der Waals surface area contributed by atoms with E-state index in [1.807, 2.05) is 41.3 Å². The van der Waals surface area contributed by atoms with Crippen molar-refractivity contribution in [2.75, 3.05) is 46.3 Å². The minimum atomic E-state index is -0.651. The Balaban J connectivity index is 1.58. The summed E-state index contributed by atoms with van der Waals surface area (Å²) in [6, 6.07) is 11.8. The number of amides is 2. The summed E-state index contributed by atoms with van der Waals surface area (Å²) in [6.45, 7) is 5.98. The molecule has 0 saturated carbocycles. The zero-order valence-electron chi connectivity index (χ0n) is 17.8. The number of likely N-dealkylation sites (N-methyl/N-ethyl adjacent to an activating group) is 1. The quantitative estimate of drug-likeness (QED) is 0.774. The van der Waals surface area contributed by atoms with Crippen LogP contribution in [0.2, 0.25) is 0 Å². The van der Waals surface area contributed by atoms with Gasteiger partial charge >= 0.3 is 0 Å². The van der Waals surface area contributed by atoms with Crippen molar-refractivity contribution in [2.24, 2.45) is 5.41 Å². The lowest BCUT2D eigenvalue weighted by Crippen LogP contribution is -2.48. The van der Waals surface area contributed by atoms with Gasteiger partial charge in [-0.2, -0.15) is 0 Å². The van der Waals surface area contributed by atoms with Crippen molar-refractivity contribution >= 4 is 11.8 Å². The summed E-state index contributed by atoms with van der Waals surface area (Å²) in [7, 11) is 2.09. The van der Waals surface area contributed by atoms with E-state index in [9.17, 15) is 9.59 Å². The molecular weight excluding hydrogens is 380 g/mol. The lowest BCUT2D eigenvalue weighted by molar-refractivity contribution is -0.142. The fraction of sp³-hybridized carbons (Fsp3) is 0.522. The predicted octanol–water partition coefficient (Wildman–Crippen LogP) is 2.29. The minimum Gasteiger partial charge on any atom is -0.361 e. The Bertz CT molecular complexity index is 897. The third-order valence-electron chi connectivity index (χ3n) is 6.40. The van der Waals surface area contributed by atoms with Crippen molar-refractivity contribution in [2.45, 2.75) is 26.2 Å². The molecule has 0 N–H and O–H groups in total. The summed E-state index contributed by atoms with van der Waals surface area (Å²) in [5.74, 6) is 0.849. The molecule has 0 unspecified atom stereocenters. The molecule has 160 valence electrons. The number of aromatic nitrogens is 1. The van der Waals surface area contributed by atoms with Crippen LogP contribution < -0.4 is 0 Å². The molecule has 3 heterocycles. The van der Waals surface area contributed by atoms with Crippen LogP contribution in [-0.4, -0.2) is 78.0 Å². The lowest BCUT2D eigenvalue weighted by atomic mass is 9.80. The number of benzene rings is 1. The zero-order valence-corrected chi connectivity index (χ0v) is 17.8. The molecule has 2 aliphatic heterocycles. The molecule has 1 aromatic heterocycles. The van der Waals surface area contributed by atoms with E-state index in [1.165, 1.54) is 0 Å². The van der Waals surface area contributed by atoms with Gasteiger partial charge in [-0.15, -0.1) is 0 Å². The number of hydrogen-bond donors (Lipinski definition) is 0. The first kappa shape index (κ1) is 20.6. The first-order valence-electron chi connectivity index (χ1n) is 10.7. The van der Waals surface area contributed by atoms with Gasteiger partial charge in [0.1, 0.15) is 11.5 Å². The van der Waals surface area contributed by atoms with E-state index in [1.54, 1.807) is 11.8 Å². The van der Waals surface area contributed by atoms with Gasteiger partial charge in [-0.1, -0.05) is 35.5 Å². The Morgan fingerprint density at radius 3 is 2.60 bits per heavy atom. The van der Waals surface area contributed by atoms with E-state index in [2.05, 4.69) is 17.1 Å². The summed E-state index contributed by atoms with van der Waals surface area (Å²) >= 11 is 0. The number of likely N-dealkylation sites (tertiary alicyclic amines) is 1. The normalized spacial score (nSPS) is 22.9. The molecule has 0 aliphatic carbocycles. The molecule has 1 aromatic carbocycles. The number of hydrogen-bond acceptors (Lipinski definition) is 5. The van der Waals surface area contributed by atoms with E-state index in [-0.39, 0.29) is 11.8 Å². The highest BCUT2D eigenvalue weighted by Crippen LogP contribution is 2.37. The molecule has 0 radical (unpaired) electrons. The van der Waals surface area contributed by atoms with E-state index >= 15 is 0 Å². The summed E-state index contributed by atoms with van der Waals surface area (Å²) in [4.78, 5) is 31.8. The highest BCUT2D eigenvalue weighted by Gasteiger charge is 2.48. The second-order valence-corrected chi connectivity index (χ2v) is 8.64. The number of carbonyl (C=O) groups is 2. The van der Waals surface area contributed by atoms with Crippen LogP contribution in [-0.2, 0) is 16.0 Å². The molecule has 4 rings (SSSR count). The molecule has 2 aromatic rings. The van der Waals surface area contributed by atoms with E-state index < -0.39 is 5.41 Å². The fourth-order valence-corrected chi connectivity index (χ4v) is 4.60. The van der Waals surface area contributed by atoms with Crippen molar-refractivity contribution in [3.63, 3.8) is 0 Å². The van der Waals surface area contributed by atoms with Crippen LogP contribution >= 0.6 is 0 Å². The summed E-state index contributed by atoms with van der Waals surface area (Å²) in [6.07, 6.45) is 2.08. The van der Waals surface area contributed by atoms with E-state index in [0.717, 1.165) is 43.9 Å². The Morgan fingerprint density at radius 1 is 1.07 bits per heavy atom. The smallest absolute Gasteiger partial charge is 0.231 e. The van der Waals surface area contributed by atoms with Gasteiger partial charge in [0.15, 0.2) is 0 Å². The summed E-state index contributed by atoms with van der Waals surface area (Å²) < 4.78 is 5.65. The van der Waals surface area contributed by atoms with Crippen molar-refractivity contribution in [1.82, 2.24) is 19.9 Å². The van der Waals surface area contributed by atoms with Crippen LogP contribution in [0.25, 0.3) is 11.3 Å². The van der Waals surface area contributed by atoms with Gasteiger partial charge < -0.3 is 19.2 Å². The van der Waals surface area contributed by atoms with Crippen LogP contribution in [0.1, 0.15) is 25.5 Å². The van der Waals surface area contributed by atoms with Crippen LogP contribution in [0.4, 0.5) is 0 Å². The molecule has 0 bridgehead atoms. The molecule has 2 aliphatic rings. The Labute approximate surface area is 177 Å². The molecule has 2 saturated heterocycles. The van der Waals surface area contributed by atoms with Gasteiger partial charge in [0.2, 0.25) is 11.8 Å². The monoisotopic (exact) mass is 410 g/mol. The number of nitrogens with zero attached hydrogens (tertiary/aromatic N) is 4. The van der Waals surface area contributed by atoms with Crippen LogP contribution in [0.3, 0.4) is 0 Å². The molecule has 30 heavy (non-hydrogen) atoms. The molecule has 7 nitrogen and oxygen atoms in total. The first-order valence-corrected chi connectivity index (χ1v) is 10.7. The topological polar surface area (TPSA) is 69.9 Å². The average Bonchev–Trinajstić information content (AvgIpc) is 3.33. The van der Waals surface area contributed by atoms with Crippen molar-refractivity contribution in [3.8, 4) is 11.3 Å². The van der Waals surface area contributed by atoms with Gasteiger partial charge in [0, 0.05) is 57.7 Å². The van der Waals surface area contributed by atoms with E-state index in [0.29, 0.717) is 31.7 Å². The molecular formula is C23H30N4O3. The average molecular weight is 411 g/mol. The van der Waals surface area contributed by atoms with Gasteiger partial charge in [-0.25, -0.2) is 0 Å². The van der Waals surface area contributed by atoms with Gasteiger partial charge in [0.25, 0.3) is 0 Å². The Morgan fingerprint density at radius 2 is 1.87 bits per heavy atom. The largest absolute Gasteiger partial charge is 0.361 e. The Hall–Kier alpha value is -2.67. The molecule has 2 amide bonds. The summed E-state index contributed by atoms with van der Waals surface area (Å²) in [5.41, 5.74) is 1.11. The second kappa shape index (κ2) is 8.60. The van der Waals surface area contributed by atoms with Crippen molar-refractivity contribution in [3.05, 3.63) is 42.2 Å². The van der Waals surface area contributed by atoms with E-state index in [4.69, 9.17) is 4.52 Å². The minimum absolute atomic E-state index is 0.0165. The number of carbonyl (C=O) groups excluding carboxylic acids is 2. The maximum absolute atomic E-state index is 13.7. The Kier molecular flexibility index (Phi) is 5.90. The maximum atomic E-state index is 13.7. The van der Waals surface area contributed by atoms with Crippen LogP contribution in [0.5, 0.6) is 0 Å². The second-order valence-electron chi connectivity index (χ2n) is 8.64. The third kappa shape index (κ3) is 4.26. The predicted molar refractivity (Wildman–Crippen MR) is 114 cm³/mol. The third-order valence-corrected chi connectivity index (χ3v) is 6.40. The molecule has 2 fully saturated rings. The maximum Gasteiger partial charge on any atom is 0.231 e. The summed E-state index contributed by atoms with van der Waals surface area (Å²) in [5, 5.41) is 4.22. The van der Waals surface area contributed by atoms with Crippen LogP contribution in [0.15, 0.2) is 40.9 Å². The van der Waals surface area contributed by atoms with Gasteiger partial charge in [-0.05, 0) is 26.4 Å². The standard InChI is InChI=1S/C23H30N4O3/c1-18(28)27-12-9-23(17-27,22(29)26-11-6-10-25(2)13-14-26)16-20-15-21(24-30-20)19-7-4-3-5-8-19/h3-5,7-8,15H,6,9-14,16-17H2,1-2H3/t23-/m1/s1. The van der Waals surface area contributed by atoms with Crippen LogP contribution in [0, 0.1) is 5.41 Å².